The van der Waals surface area contributed by atoms with Crippen LogP contribution in [0.4, 0.5) is 0 Å². The standard InChI is InChI=1S/C24H32N4O2.HI/c1-17(2)23(29)28-14-13-20(16-28)27-24(25-4)26-15-19-7-5-6-8-22(19)30-21-11-9-18(3)10-12-21;/h5-12,17,20H,13-16H2,1-4H3,(H2,25,26,27);1H. The average Bonchev–Trinajstić information content (AvgIpc) is 3.21. The van der Waals surface area contributed by atoms with Crippen molar-refractivity contribution >= 4 is 35.8 Å². The highest BCUT2D eigenvalue weighted by Gasteiger charge is 2.27. The van der Waals surface area contributed by atoms with E-state index in [1.54, 1.807) is 7.05 Å². The predicted octanol–water partition coefficient (Wildman–Crippen LogP) is 4.33. The molecule has 31 heavy (non-hydrogen) atoms. The Bertz CT molecular complexity index is 883. The molecule has 1 amide bonds. The lowest BCUT2D eigenvalue weighted by atomic mass is 10.2. The minimum atomic E-state index is 0. The molecule has 0 bridgehead atoms. The van der Waals surface area contributed by atoms with Crippen molar-refractivity contribution < 1.29 is 9.53 Å². The van der Waals surface area contributed by atoms with Crippen molar-refractivity contribution in [3.05, 3.63) is 59.7 Å². The second kappa shape index (κ2) is 11.9. The van der Waals surface area contributed by atoms with Crippen LogP contribution in [0.15, 0.2) is 53.5 Å². The first-order valence-corrected chi connectivity index (χ1v) is 10.5. The van der Waals surface area contributed by atoms with Gasteiger partial charge in [-0.25, -0.2) is 0 Å². The van der Waals surface area contributed by atoms with Crippen molar-refractivity contribution in [2.45, 2.75) is 39.8 Å². The molecule has 0 saturated carbocycles. The van der Waals surface area contributed by atoms with Crippen molar-refractivity contribution in [3.63, 3.8) is 0 Å². The number of likely N-dealkylation sites (tertiary alicyclic amines) is 1. The van der Waals surface area contributed by atoms with Gasteiger partial charge in [0.2, 0.25) is 5.91 Å². The molecule has 0 aromatic heterocycles. The van der Waals surface area contributed by atoms with E-state index in [0.717, 1.165) is 36.0 Å². The van der Waals surface area contributed by atoms with E-state index in [1.165, 1.54) is 5.56 Å². The Kier molecular flexibility index (Phi) is 9.61. The van der Waals surface area contributed by atoms with E-state index in [-0.39, 0.29) is 41.8 Å². The Morgan fingerprint density at radius 1 is 1.19 bits per heavy atom. The summed E-state index contributed by atoms with van der Waals surface area (Å²) >= 11 is 0. The Balaban J connectivity index is 0.00000341. The van der Waals surface area contributed by atoms with Crippen LogP contribution in [-0.2, 0) is 11.3 Å². The number of guanidine groups is 1. The predicted molar refractivity (Wildman–Crippen MR) is 136 cm³/mol. The molecule has 0 spiro atoms. The van der Waals surface area contributed by atoms with E-state index in [0.29, 0.717) is 13.1 Å². The summed E-state index contributed by atoms with van der Waals surface area (Å²) in [6.45, 7) is 8.04. The first-order chi connectivity index (χ1) is 14.5. The van der Waals surface area contributed by atoms with Gasteiger partial charge in [0.1, 0.15) is 11.5 Å². The van der Waals surface area contributed by atoms with Gasteiger partial charge in [-0.15, -0.1) is 24.0 Å². The van der Waals surface area contributed by atoms with Gasteiger partial charge >= 0.3 is 0 Å². The van der Waals surface area contributed by atoms with Gasteiger partial charge in [-0.2, -0.15) is 0 Å². The normalized spacial score (nSPS) is 16.1. The fourth-order valence-corrected chi connectivity index (χ4v) is 3.49. The molecule has 168 valence electrons. The molecule has 3 rings (SSSR count). The number of aliphatic imine (C=N–C) groups is 1. The third-order valence-corrected chi connectivity index (χ3v) is 5.23. The van der Waals surface area contributed by atoms with Crippen LogP contribution in [0.25, 0.3) is 0 Å². The number of carbonyl (C=O) groups is 1. The number of nitrogens with zero attached hydrogens (tertiary/aromatic N) is 2. The Morgan fingerprint density at radius 3 is 2.58 bits per heavy atom. The van der Waals surface area contributed by atoms with Crippen LogP contribution < -0.4 is 15.4 Å². The molecule has 7 heteroatoms. The first-order valence-electron chi connectivity index (χ1n) is 10.5. The molecule has 0 aliphatic carbocycles. The molecule has 1 atom stereocenters. The number of halogens is 1. The van der Waals surface area contributed by atoms with Gasteiger partial charge in [-0.3, -0.25) is 9.79 Å². The Labute approximate surface area is 202 Å². The van der Waals surface area contributed by atoms with Crippen LogP contribution in [0.5, 0.6) is 11.5 Å². The van der Waals surface area contributed by atoms with Gasteiger partial charge in [0.25, 0.3) is 0 Å². The van der Waals surface area contributed by atoms with E-state index in [9.17, 15) is 4.79 Å². The number of para-hydroxylation sites is 1. The summed E-state index contributed by atoms with van der Waals surface area (Å²) in [5.41, 5.74) is 2.25. The van der Waals surface area contributed by atoms with Gasteiger partial charge < -0.3 is 20.3 Å². The summed E-state index contributed by atoms with van der Waals surface area (Å²) in [5.74, 6) is 2.61. The van der Waals surface area contributed by atoms with Gasteiger partial charge in [0.05, 0.1) is 0 Å². The molecule has 2 N–H and O–H groups in total. The highest BCUT2D eigenvalue weighted by molar-refractivity contribution is 14.0. The van der Waals surface area contributed by atoms with Crippen LogP contribution in [0.1, 0.15) is 31.4 Å². The van der Waals surface area contributed by atoms with Crippen molar-refractivity contribution in [1.82, 2.24) is 15.5 Å². The number of ether oxygens (including phenoxy) is 1. The zero-order chi connectivity index (χ0) is 21.5. The number of aryl methyl sites for hydroxylation is 1. The third kappa shape index (κ3) is 7.12. The van der Waals surface area contributed by atoms with E-state index in [4.69, 9.17) is 4.74 Å². The molecule has 1 heterocycles. The Hall–Kier alpha value is -2.29. The average molecular weight is 536 g/mol. The molecule has 1 aliphatic heterocycles. The maximum atomic E-state index is 12.2. The number of benzene rings is 2. The van der Waals surface area contributed by atoms with E-state index >= 15 is 0 Å². The quantitative estimate of drug-likeness (QED) is 0.328. The number of nitrogens with one attached hydrogen (secondary N) is 2. The minimum Gasteiger partial charge on any atom is -0.457 e. The van der Waals surface area contributed by atoms with Crippen molar-refractivity contribution in [2.75, 3.05) is 20.1 Å². The monoisotopic (exact) mass is 536 g/mol. The summed E-state index contributed by atoms with van der Waals surface area (Å²) in [7, 11) is 1.76. The van der Waals surface area contributed by atoms with Crippen molar-refractivity contribution in [1.29, 1.82) is 0 Å². The van der Waals surface area contributed by atoms with Crippen molar-refractivity contribution in [2.24, 2.45) is 10.9 Å². The van der Waals surface area contributed by atoms with E-state index in [2.05, 4.69) is 22.5 Å². The largest absolute Gasteiger partial charge is 0.457 e. The molecule has 2 aromatic carbocycles. The van der Waals surface area contributed by atoms with Gasteiger partial charge in [-0.05, 0) is 31.5 Å². The smallest absolute Gasteiger partial charge is 0.225 e. The molecular formula is C24H33IN4O2. The molecule has 0 radical (unpaired) electrons. The maximum Gasteiger partial charge on any atom is 0.225 e. The first kappa shape index (κ1) is 25.0. The summed E-state index contributed by atoms with van der Waals surface area (Å²) in [4.78, 5) is 18.5. The number of hydrogen-bond acceptors (Lipinski definition) is 3. The number of hydrogen-bond donors (Lipinski definition) is 2. The van der Waals surface area contributed by atoms with E-state index < -0.39 is 0 Å². The maximum absolute atomic E-state index is 12.2. The summed E-state index contributed by atoms with van der Waals surface area (Å²) in [5, 5.41) is 6.81. The zero-order valence-electron chi connectivity index (χ0n) is 18.7. The number of carbonyl (C=O) groups excluding carboxylic acids is 1. The lowest BCUT2D eigenvalue weighted by molar-refractivity contribution is -0.133. The summed E-state index contributed by atoms with van der Waals surface area (Å²) in [6, 6.07) is 16.2. The topological polar surface area (TPSA) is 66.0 Å². The summed E-state index contributed by atoms with van der Waals surface area (Å²) < 4.78 is 6.08. The van der Waals surface area contributed by atoms with Gasteiger partial charge in [-0.1, -0.05) is 49.7 Å². The highest BCUT2D eigenvalue weighted by atomic mass is 127. The van der Waals surface area contributed by atoms with Crippen LogP contribution in [0.3, 0.4) is 0 Å². The van der Waals surface area contributed by atoms with Crippen LogP contribution >= 0.6 is 24.0 Å². The third-order valence-electron chi connectivity index (χ3n) is 5.23. The number of rotatable bonds is 6. The second-order valence-electron chi connectivity index (χ2n) is 8.02. The molecule has 6 nitrogen and oxygen atoms in total. The van der Waals surface area contributed by atoms with Crippen LogP contribution in [0.2, 0.25) is 0 Å². The zero-order valence-corrected chi connectivity index (χ0v) is 21.1. The van der Waals surface area contributed by atoms with Crippen molar-refractivity contribution in [3.8, 4) is 11.5 Å². The van der Waals surface area contributed by atoms with Gasteiger partial charge in [0, 0.05) is 44.2 Å². The van der Waals surface area contributed by atoms with E-state index in [1.807, 2.05) is 67.3 Å². The highest BCUT2D eigenvalue weighted by Crippen LogP contribution is 2.25. The minimum absolute atomic E-state index is 0. The van der Waals surface area contributed by atoms with Crippen LogP contribution in [0, 0.1) is 12.8 Å². The molecule has 1 aliphatic rings. The fraction of sp³-hybridized carbons (Fsp3) is 0.417. The molecule has 1 fully saturated rings. The number of amides is 1. The SMILES string of the molecule is CN=C(NCc1ccccc1Oc1ccc(C)cc1)NC1CCN(C(=O)C(C)C)C1.I. The molecular weight excluding hydrogens is 503 g/mol. The lowest BCUT2D eigenvalue weighted by Gasteiger charge is -2.20. The second-order valence-corrected chi connectivity index (χ2v) is 8.02. The fourth-order valence-electron chi connectivity index (χ4n) is 3.49. The lowest BCUT2D eigenvalue weighted by Crippen LogP contribution is -2.45. The molecule has 1 saturated heterocycles. The van der Waals surface area contributed by atoms with Crippen LogP contribution in [-0.4, -0.2) is 42.9 Å². The van der Waals surface area contributed by atoms with Gasteiger partial charge in [0.15, 0.2) is 5.96 Å². The molecule has 2 aromatic rings. The molecule has 1 unspecified atom stereocenters. The summed E-state index contributed by atoms with van der Waals surface area (Å²) in [6.07, 6.45) is 0.923. The Morgan fingerprint density at radius 2 is 1.90 bits per heavy atom.